The van der Waals surface area contributed by atoms with E-state index < -0.39 is 40.6 Å². The van der Waals surface area contributed by atoms with Gasteiger partial charge in [0.2, 0.25) is 4.97 Å². The maximum Gasteiger partial charge on any atom is 0.328 e. The lowest BCUT2D eigenvalue weighted by Crippen LogP contribution is -2.35. The van der Waals surface area contributed by atoms with Crippen molar-refractivity contribution in [3.05, 3.63) is 32.6 Å². The number of hydrogen-bond donors (Lipinski definition) is 3. The number of halogens is 2. The van der Waals surface area contributed by atoms with E-state index in [-0.39, 0.29) is 12.2 Å². The number of aliphatic hydroxyl groups excluding tert-OH is 2. The van der Waals surface area contributed by atoms with Crippen LogP contribution in [-0.2, 0) is 28.1 Å². The molecule has 1 aromatic heterocycles. The zero-order valence-electron chi connectivity index (χ0n) is 11.2. The normalized spacial score (nSPS) is 29.0. The van der Waals surface area contributed by atoms with Crippen molar-refractivity contribution >= 4 is 39.3 Å². The maximum atomic E-state index is 11.8. The Kier molecular flexibility index (Phi) is 5.51. The predicted molar refractivity (Wildman–Crippen MR) is 83.9 cm³/mol. The summed E-state index contributed by atoms with van der Waals surface area (Å²) >= 11 is 15.9. The van der Waals surface area contributed by atoms with Crippen LogP contribution in [0.4, 0.5) is 0 Å². The summed E-state index contributed by atoms with van der Waals surface area (Å²) < 4.78 is 11.6. The van der Waals surface area contributed by atoms with Gasteiger partial charge in [-0.2, -0.15) is 0 Å². The molecule has 0 bridgehead atoms. The largest absolute Gasteiger partial charge is 0.387 e. The summed E-state index contributed by atoms with van der Waals surface area (Å²) in [6.07, 6.45) is -3.55. The summed E-state index contributed by atoms with van der Waals surface area (Å²) in [5.74, 6) is 0. The van der Waals surface area contributed by atoms with Gasteiger partial charge in [-0.1, -0.05) is 0 Å². The summed E-state index contributed by atoms with van der Waals surface area (Å²) in [6, 6.07) is 0. The van der Waals surface area contributed by atoms with E-state index in [1.807, 2.05) is 0 Å². The minimum Gasteiger partial charge on any atom is -0.387 e. The molecular weight excluding hydrogens is 378 g/mol. The van der Waals surface area contributed by atoms with E-state index >= 15 is 0 Å². The third kappa shape index (κ3) is 3.98. The van der Waals surface area contributed by atoms with Gasteiger partial charge in [0.05, 0.1) is 12.2 Å². The van der Waals surface area contributed by atoms with Crippen molar-refractivity contribution in [1.29, 1.82) is 0 Å². The fourth-order valence-electron chi connectivity index (χ4n) is 2.09. The van der Waals surface area contributed by atoms with Crippen LogP contribution in [0.25, 0.3) is 0 Å². The van der Waals surface area contributed by atoms with Crippen LogP contribution < -0.4 is 11.2 Å². The highest BCUT2D eigenvalue weighted by Crippen LogP contribution is 2.58. The summed E-state index contributed by atoms with van der Waals surface area (Å²) in [6.45, 7) is -0.233. The van der Waals surface area contributed by atoms with Crippen LogP contribution in [0.1, 0.15) is 11.7 Å². The van der Waals surface area contributed by atoms with Crippen molar-refractivity contribution in [2.75, 3.05) is 6.61 Å². The summed E-state index contributed by atoms with van der Waals surface area (Å²) in [5, 5.41) is 20.0. The molecule has 4 atom stereocenters. The second kappa shape index (κ2) is 6.70. The smallest absolute Gasteiger partial charge is 0.328 e. The Balaban J connectivity index is 2.23. The molecule has 124 valence electrons. The molecule has 1 saturated heterocycles. The highest BCUT2D eigenvalue weighted by molar-refractivity contribution is 8.36. The van der Waals surface area contributed by atoms with Gasteiger partial charge in [0.1, 0.15) is 24.4 Å². The Morgan fingerprint density at radius 3 is 2.68 bits per heavy atom. The highest BCUT2D eigenvalue weighted by atomic mass is 35.9. The van der Waals surface area contributed by atoms with Gasteiger partial charge in [0.15, 0.2) is 0 Å². The number of ether oxygens (including phenoxy) is 1. The Bertz CT molecular complexity index is 718. The molecule has 0 amide bonds. The first kappa shape index (κ1) is 18.1. The van der Waals surface area contributed by atoms with E-state index in [4.69, 9.17) is 31.7 Å². The summed E-state index contributed by atoms with van der Waals surface area (Å²) in [7, 11) is 1.43. The van der Waals surface area contributed by atoms with Crippen molar-refractivity contribution in [2.24, 2.45) is 7.05 Å². The Hall–Kier alpha value is -0.250. The molecule has 12 heteroatoms. The van der Waals surface area contributed by atoms with Crippen molar-refractivity contribution in [2.45, 2.75) is 24.4 Å². The number of hydrogen-bond acceptors (Lipinski definition) is 7. The number of aliphatic hydroxyl groups is 2. The van der Waals surface area contributed by atoms with Crippen molar-refractivity contribution in [1.82, 2.24) is 9.55 Å². The third-order valence-corrected chi connectivity index (χ3v) is 4.55. The Labute approximate surface area is 139 Å². The van der Waals surface area contributed by atoms with Crippen LogP contribution in [0, 0.1) is 0 Å². The average Bonchev–Trinajstić information content (AvgIpc) is 2.68. The summed E-state index contributed by atoms with van der Waals surface area (Å²) in [5.41, 5.74) is -1.31. The van der Waals surface area contributed by atoms with Gasteiger partial charge < -0.3 is 24.0 Å². The summed E-state index contributed by atoms with van der Waals surface area (Å²) in [4.78, 5) is 22.3. The molecule has 0 spiro atoms. The van der Waals surface area contributed by atoms with E-state index in [1.165, 1.54) is 13.2 Å². The van der Waals surface area contributed by atoms with Crippen LogP contribution in [0.15, 0.2) is 15.8 Å². The van der Waals surface area contributed by atoms with Gasteiger partial charge >= 0.3 is 5.69 Å². The average molecular weight is 391 g/mol. The lowest BCUT2D eigenvalue weighted by atomic mass is 10.0. The molecule has 0 aliphatic carbocycles. The Morgan fingerprint density at radius 1 is 1.45 bits per heavy atom. The van der Waals surface area contributed by atoms with Gasteiger partial charge in [-0.25, -0.2) is 4.79 Å². The van der Waals surface area contributed by atoms with E-state index in [2.05, 4.69) is 16.8 Å². The van der Waals surface area contributed by atoms with E-state index in [0.29, 0.717) is 0 Å². The molecule has 22 heavy (non-hydrogen) atoms. The molecule has 1 aromatic rings. The standard InChI is InChI=1S/C10H13Cl2N2O6PS/c1-14-2-4(9(17)13-10(14)18)8-7(16)6(15)5(20-8)3-19-21(11,12)22/h2,5-8,15-16H,3H2,1H3,(H,13,17,18)/t5-,6?,7+,8+/m1/s1. The van der Waals surface area contributed by atoms with Gasteiger partial charge in [-0.05, 0) is 34.3 Å². The molecule has 2 heterocycles. The molecule has 2 rings (SSSR count). The van der Waals surface area contributed by atoms with Gasteiger partial charge in [0.25, 0.3) is 5.56 Å². The number of nitrogens with zero attached hydrogens (tertiary/aromatic N) is 1. The lowest BCUT2D eigenvalue weighted by Gasteiger charge is -2.16. The van der Waals surface area contributed by atoms with Crippen molar-refractivity contribution in [3.8, 4) is 0 Å². The first-order valence-corrected chi connectivity index (χ1v) is 10.6. The number of aromatic nitrogens is 2. The molecular formula is C10H13Cl2N2O6PS. The minimum atomic E-state index is -2.99. The fraction of sp³-hybridized carbons (Fsp3) is 0.600. The lowest BCUT2D eigenvalue weighted by molar-refractivity contribution is -0.0147. The van der Waals surface area contributed by atoms with Gasteiger partial charge in [0, 0.05) is 13.2 Å². The molecule has 8 nitrogen and oxygen atoms in total. The van der Waals surface area contributed by atoms with Crippen molar-refractivity contribution in [3.63, 3.8) is 0 Å². The van der Waals surface area contributed by atoms with Crippen LogP contribution in [0.2, 0.25) is 0 Å². The van der Waals surface area contributed by atoms with E-state index in [1.54, 1.807) is 0 Å². The number of rotatable bonds is 4. The molecule has 1 fully saturated rings. The van der Waals surface area contributed by atoms with Gasteiger partial charge in [-0.15, -0.1) is 0 Å². The van der Waals surface area contributed by atoms with E-state index in [9.17, 15) is 19.8 Å². The number of aromatic amines is 1. The van der Waals surface area contributed by atoms with Crippen LogP contribution in [0.3, 0.4) is 0 Å². The highest BCUT2D eigenvalue weighted by Gasteiger charge is 2.45. The van der Waals surface area contributed by atoms with Gasteiger partial charge in [-0.3, -0.25) is 9.78 Å². The zero-order valence-corrected chi connectivity index (χ0v) is 14.4. The number of aryl methyl sites for hydroxylation is 1. The fourth-order valence-corrected chi connectivity index (χ4v) is 2.93. The first-order chi connectivity index (χ1) is 10.1. The maximum absolute atomic E-state index is 11.8. The predicted octanol–water partition coefficient (Wildman–Crippen LogP) is -0.0460. The molecule has 3 N–H and O–H groups in total. The second-order valence-electron chi connectivity index (χ2n) is 4.74. The zero-order chi connectivity index (χ0) is 16.7. The number of nitrogens with one attached hydrogen (secondary N) is 1. The van der Waals surface area contributed by atoms with Crippen LogP contribution in [-0.4, -0.2) is 44.7 Å². The Morgan fingerprint density at radius 2 is 2.09 bits per heavy atom. The molecule has 0 saturated carbocycles. The molecule has 1 aliphatic heterocycles. The van der Waals surface area contributed by atoms with Crippen LogP contribution in [0.5, 0.6) is 0 Å². The first-order valence-electron chi connectivity index (χ1n) is 6.05. The van der Waals surface area contributed by atoms with Crippen molar-refractivity contribution < 1.29 is 19.5 Å². The van der Waals surface area contributed by atoms with Crippen LogP contribution >= 0.6 is 27.5 Å². The quantitative estimate of drug-likeness (QED) is 0.617. The molecule has 0 aromatic carbocycles. The minimum absolute atomic E-state index is 0.00679. The third-order valence-electron chi connectivity index (χ3n) is 3.19. The number of H-pyrrole nitrogens is 1. The van der Waals surface area contributed by atoms with E-state index in [0.717, 1.165) is 4.57 Å². The monoisotopic (exact) mass is 390 g/mol. The molecule has 1 unspecified atom stereocenters. The SMILES string of the molecule is Cn1cc([C@@H]2O[C@H](COP(=S)(Cl)Cl)C(O)[C@@H]2O)c(=O)[nH]c1=O. The molecule has 0 radical (unpaired) electrons. The second-order valence-corrected chi connectivity index (χ2v) is 11.9. The topological polar surface area (TPSA) is 114 Å². The molecule has 1 aliphatic rings.